The van der Waals surface area contributed by atoms with E-state index in [1.807, 2.05) is 38.1 Å². The summed E-state index contributed by atoms with van der Waals surface area (Å²) in [5, 5.41) is 10.1. The van der Waals surface area contributed by atoms with Gasteiger partial charge in [-0.15, -0.1) is 0 Å². The summed E-state index contributed by atoms with van der Waals surface area (Å²) < 4.78 is 15.6. The molecule has 2 amide bonds. The number of halogens is 1. The molecule has 0 atom stereocenters. The van der Waals surface area contributed by atoms with E-state index in [0.717, 1.165) is 11.4 Å². The van der Waals surface area contributed by atoms with E-state index in [0.29, 0.717) is 29.4 Å². The average Bonchev–Trinajstić information content (AvgIpc) is 2.91. The Morgan fingerprint density at radius 3 is 2.39 bits per heavy atom. The summed E-state index contributed by atoms with van der Waals surface area (Å²) in [5.41, 5.74) is 4.57. The molecule has 3 aromatic rings. The smallest absolute Gasteiger partial charge is 0.308 e. The molecule has 0 aliphatic rings. The summed E-state index contributed by atoms with van der Waals surface area (Å²) in [6.45, 7) is 8.23. The van der Waals surface area contributed by atoms with Crippen LogP contribution in [0.2, 0.25) is 0 Å². The van der Waals surface area contributed by atoms with Crippen LogP contribution >= 0.6 is 0 Å². The number of hydrogen-bond acceptors (Lipinski definition) is 2. The fourth-order valence-corrected chi connectivity index (χ4v) is 3.05. The summed E-state index contributed by atoms with van der Waals surface area (Å²) in [6, 6.07) is 14.0. The van der Waals surface area contributed by atoms with Crippen molar-refractivity contribution in [1.82, 2.24) is 9.78 Å². The van der Waals surface area contributed by atoms with Gasteiger partial charge < -0.3 is 10.6 Å². The number of aromatic nitrogens is 2. The van der Waals surface area contributed by atoms with E-state index < -0.39 is 0 Å². The number of benzene rings is 2. The van der Waals surface area contributed by atoms with Crippen molar-refractivity contribution >= 4 is 17.4 Å². The van der Waals surface area contributed by atoms with Gasteiger partial charge in [-0.25, -0.2) is 9.18 Å². The van der Waals surface area contributed by atoms with Crippen LogP contribution in [0.3, 0.4) is 0 Å². The number of urea groups is 1. The number of aryl methyl sites for hydroxylation is 1. The molecule has 146 valence electrons. The Labute approximate surface area is 164 Å². The van der Waals surface area contributed by atoms with Crippen molar-refractivity contribution in [1.29, 1.82) is 0 Å². The normalized spacial score (nSPS) is 10.9. The van der Waals surface area contributed by atoms with E-state index in [4.69, 9.17) is 0 Å². The zero-order valence-corrected chi connectivity index (χ0v) is 16.6. The van der Waals surface area contributed by atoms with Gasteiger partial charge in [-0.05, 0) is 43.5 Å². The van der Waals surface area contributed by atoms with Crippen molar-refractivity contribution in [2.45, 2.75) is 40.2 Å². The molecular weight excluding hydrogens is 355 g/mol. The zero-order valence-electron chi connectivity index (χ0n) is 16.6. The maximum Gasteiger partial charge on any atom is 0.323 e. The second-order valence-electron chi connectivity index (χ2n) is 7.15. The van der Waals surface area contributed by atoms with Crippen molar-refractivity contribution < 1.29 is 9.18 Å². The van der Waals surface area contributed by atoms with Crippen molar-refractivity contribution in [3.05, 3.63) is 76.9 Å². The molecule has 0 unspecified atom stereocenters. The number of anilines is 2. The van der Waals surface area contributed by atoms with Gasteiger partial charge in [-0.3, -0.25) is 4.68 Å². The van der Waals surface area contributed by atoms with Gasteiger partial charge in [0.15, 0.2) is 0 Å². The largest absolute Gasteiger partial charge is 0.323 e. The fourth-order valence-electron chi connectivity index (χ4n) is 3.05. The third-order valence-corrected chi connectivity index (χ3v) is 4.73. The van der Waals surface area contributed by atoms with E-state index in [-0.39, 0.29) is 11.8 Å². The van der Waals surface area contributed by atoms with Gasteiger partial charge >= 0.3 is 6.03 Å². The Morgan fingerprint density at radius 2 is 1.75 bits per heavy atom. The molecule has 0 radical (unpaired) electrons. The predicted octanol–water partition coefficient (Wildman–Crippen LogP) is 5.45. The van der Waals surface area contributed by atoms with Crippen LogP contribution in [0, 0.1) is 19.7 Å². The molecule has 0 aliphatic heterocycles. The van der Waals surface area contributed by atoms with Crippen LogP contribution in [0.15, 0.2) is 48.5 Å². The lowest BCUT2D eigenvalue weighted by molar-refractivity contribution is 0.262. The molecule has 28 heavy (non-hydrogen) atoms. The first-order valence-corrected chi connectivity index (χ1v) is 9.30. The monoisotopic (exact) mass is 380 g/mol. The van der Waals surface area contributed by atoms with E-state index in [2.05, 4.69) is 29.6 Å². The van der Waals surface area contributed by atoms with Crippen molar-refractivity contribution in [2.24, 2.45) is 0 Å². The quantitative estimate of drug-likeness (QED) is 0.618. The molecular formula is C22H25FN4O. The Morgan fingerprint density at radius 1 is 1.07 bits per heavy atom. The number of nitrogens with zero attached hydrogens (tertiary/aromatic N) is 2. The first-order valence-electron chi connectivity index (χ1n) is 9.30. The highest BCUT2D eigenvalue weighted by molar-refractivity contribution is 6.00. The highest BCUT2D eigenvalue weighted by atomic mass is 19.1. The second-order valence-corrected chi connectivity index (χ2v) is 7.15. The summed E-state index contributed by atoms with van der Waals surface area (Å²) in [6.07, 6.45) is 0. The van der Waals surface area contributed by atoms with Crippen LogP contribution in [0.25, 0.3) is 0 Å². The Kier molecular flexibility index (Phi) is 5.78. The van der Waals surface area contributed by atoms with Gasteiger partial charge in [0.25, 0.3) is 0 Å². The first kappa shape index (κ1) is 19.6. The molecule has 2 N–H and O–H groups in total. The molecule has 1 heterocycles. The molecule has 0 spiro atoms. The Hall–Kier alpha value is -3.15. The highest BCUT2D eigenvalue weighted by Gasteiger charge is 2.15. The zero-order chi connectivity index (χ0) is 20.3. The van der Waals surface area contributed by atoms with Gasteiger partial charge in [-0.1, -0.05) is 44.2 Å². The Bertz CT molecular complexity index is 977. The summed E-state index contributed by atoms with van der Waals surface area (Å²) >= 11 is 0. The number of hydrogen-bond donors (Lipinski definition) is 2. The maximum atomic E-state index is 13.9. The fraction of sp³-hybridized carbons (Fsp3) is 0.273. The standard InChI is InChI=1S/C22H25FN4O/c1-14(2)17-9-11-19(12-10-17)24-22(28)25-21-15(3)26-27(16(21)4)13-18-7-5-6-8-20(18)23/h5-12,14H,13H2,1-4H3,(H2,24,25,28). The van der Waals surface area contributed by atoms with Gasteiger partial charge in [-0.2, -0.15) is 5.10 Å². The lowest BCUT2D eigenvalue weighted by Gasteiger charge is -2.10. The molecule has 0 saturated heterocycles. The van der Waals surface area contributed by atoms with Gasteiger partial charge in [0.1, 0.15) is 5.82 Å². The van der Waals surface area contributed by atoms with Crippen molar-refractivity contribution in [3.63, 3.8) is 0 Å². The average molecular weight is 380 g/mol. The summed E-state index contributed by atoms with van der Waals surface area (Å²) in [7, 11) is 0. The van der Waals surface area contributed by atoms with Crippen LogP contribution in [-0.2, 0) is 6.54 Å². The number of nitrogens with one attached hydrogen (secondary N) is 2. The predicted molar refractivity (Wildman–Crippen MR) is 110 cm³/mol. The molecule has 0 saturated carbocycles. The van der Waals surface area contributed by atoms with Crippen LogP contribution in [0.5, 0.6) is 0 Å². The van der Waals surface area contributed by atoms with Crippen molar-refractivity contribution in [3.8, 4) is 0 Å². The van der Waals surface area contributed by atoms with Gasteiger partial charge in [0.05, 0.1) is 23.6 Å². The summed E-state index contributed by atoms with van der Waals surface area (Å²) in [4.78, 5) is 12.4. The van der Waals surface area contributed by atoms with Crippen LogP contribution in [0.4, 0.5) is 20.6 Å². The molecule has 3 rings (SSSR count). The molecule has 0 fully saturated rings. The topological polar surface area (TPSA) is 59.0 Å². The van der Waals surface area contributed by atoms with E-state index in [1.54, 1.807) is 22.9 Å². The van der Waals surface area contributed by atoms with E-state index in [9.17, 15) is 9.18 Å². The van der Waals surface area contributed by atoms with Crippen LogP contribution in [0.1, 0.15) is 42.3 Å². The number of carbonyl (C=O) groups is 1. The molecule has 2 aromatic carbocycles. The lowest BCUT2D eigenvalue weighted by Crippen LogP contribution is -2.20. The third-order valence-electron chi connectivity index (χ3n) is 4.73. The maximum absolute atomic E-state index is 13.9. The number of amides is 2. The molecule has 0 bridgehead atoms. The minimum absolute atomic E-state index is 0.271. The minimum atomic E-state index is -0.339. The van der Waals surface area contributed by atoms with Crippen LogP contribution < -0.4 is 10.6 Å². The lowest BCUT2D eigenvalue weighted by atomic mass is 10.0. The molecule has 0 aliphatic carbocycles. The Balaban J connectivity index is 1.71. The minimum Gasteiger partial charge on any atom is -0.308 e. The first-order chi connectivity index (χ1) is 13.3. The van der Waals surface area contributed by atoms with E-state index in [1.165, 1.54) is 11.6 Å². The second kappa shape index (κ2) is 8.25. The molecule has 1 aromatic heterocycles. The number of carbonyl (C=O) groups excluding carboxylic acids is 1. The van der Waals surface area contributed by atoms with E-state index >= 15 is 0 Å². The third kappa shape index (κ3) is 4.39. The van der Waals surface area contributed by atoms with Crippen LogP contribution in [-0.4, -0.2) is 15.8 Å². The van der Waals surface area contributed by atoms with Gasteiger partial charge in [0, 0.05) is 11.3 Å². The molecule has 6 heteroatoms. The highest BCUT2D eigenvalue weighted by Crippen LogP contribution is 2.22. The summed E-state index contributed by atoms with van der Waals surface area (Å²) in [5.74, 6) is 0.167. The number of rotatable bonds is 5. The van der Waals surface area contributed by atoms with Crippen molar-refractivity contribution in [2.75, 3.05) is 10.6 Å². The SMILES string of the molecule is Cc1nn(Cc2ccccc2F)c(C)c1NC(=O)Nc1ccc(C(C)C)cc1. The molecule has 5 nitrogen and oxygen atoms in total. The van der Waals surface area contributed by atoms with Gasteiger partial charge in [0.2, 0.25) is 0 Å².